The van der Waals surface area contributed by atoms with Gasteiger partial charge in [-0.05, 0) is 60.9 Å². The maximum Gasteiger partial charge on any atom is 0.248 e. The van der Waals surface area contributed by atoms with Gasteiger partial charge in [-0.25, -0.2) is 4.98 Å². The quantitative estimate of drug-likeness (QED) is 0.334. The van der Waals surface area contributed by atoms with Crippen LogP contribution in [-0.2, 0) is 16.1 Å². The van der Waals surface area contributed by atoms with E-state index in [1.165, 1.54) is 6.92 Å². The van der Waals surface area contributed by atoms with Gasteiger partial charge in [-0.1, -0.05) is 30.3 Å². The third-order valence-electron chi connectivity index (χ3n) is 7.09. The number of aromatic nitrogens is 4. The Morgan fingerprint density at radius 3 is 2.59 bits per heavy atom. The summed E-state index contributed by atoms with van der Waals surface area (Å²) in [6, 6.07) is 20.5. The molecule has 6 rings (SSSR count). The Morgan fingerprint density at radius 1 is 1.00 bits per heavy atom. The molecular weight excluding hydrogens is 492 g/mol. The van der Waals surface area contributed by atoms with Crippen molar-refractivity contribution in [1.29, 1.82) is 0 Å². The molecule has 1 aliphatic heterocycles. The van der Waals surface area contributed by atoms with E-state index >= 15 is 0 Å². The summed E-state index contributed by atoms with van der Waals surface area (Å²) in [5.74, 6) is -0.225. The van der Waals surface area contributed by atoms with E-state index in [0.29, 0.717) is 35.4 Å². The van der Waals surface area contributed by atoms with Crippen LogP contribution in [0.4, 0.5) is 5.82 Å². The van der Waals surface area contributed by atoms with Crippen molar-refractivity contribution in [1.82, 2.24) is 24.6 Å². The lowest BCUT2D eigenvalue weighted by Crippen LogP contribution is -2.57. The van der Waals surface area contributed by atoms with Crippen LogP contribution >= 0.6 is 0 Å². The molecule has 9 nitrogen and oxygen atoms in total. The Morgan fingerprint density at radius 2 is 1.82 bits per heavy atom. The van der Waals surface area contributed by atoms with Gasteiger partial charge < -0.3 is 10.2 Å². The first-order valence-electron chi connectivity index (χ1n) is 12.8. The number of Topliss-reactive ketones (excluding diaryl/α,β-unsaturated/α-hetero) is 1. The van der Waals surface area contributed by atoms with Crippen molar-refractivity contribution in [3.05, 3.63) is 84.3 Å². The van der Waals surface area contributed by atoms with Crippen molar-refractivity contribution in [3.63, 3.8) is 0 Å². The largest absolute Gasteiger partial charge is 0.329 e. The normalized spacial score (nSPS) is 14.8. The standard InChI is InChI=1S/C30H26N6O3/c1-18-5-3-7-27(32-18)33-30(39)26-12-14-35(26)28(38)17-36-25-11-10-21(15-23(25)29(34-36)19(2)37)22-9-8-20-6-4-13-31-24(20)16-22/h3-11,13,15-16,26H,12,14,17H2,1-2H3,(H,32,33,39)/t26-/m0/s1. The number of fused-ring (bicyclic) bond motifs is 2. The number of benzene rings is 2. The molecule has 0 spiro atoms. The number of hydrogen-bond acceptors (Lipinski definition) is 6. The van der Waals surface area contributed by atoms with Crippen molar-refractivity contribution in [2.24, 2.45) is 0 Å². The number of nitrogens with one attached hydrogen (secondary N) is 1. The molecule has 39 heavy (non-hydrogen) atoms. The smallest absolute Gasteiger partial charge is 0.248 e. The molecule has 194 valence electrons. The highest BCUT2D eigenvalue weighted by molar-refractivity contribution is 6.06. The minimum Gasteiger partial charge on any atom is -0.329 e. The molecule has 0 bridgehead atoms. The highest BCUT2D eigenvalue weighted by Gasteiger charge is 2.38. The van der Waals surface area contributed by atoms with Crippen molar-refractivity contribution in [2.75, 3.05) is 11.9 Å². The number of ketones is 1. The minimum absolute atomic E-state index is 0.0739. The van der Waals surface area contributed by atoms with Gasteiger partial charge in [0.1, 0.15) is 24.1 Å². The van der Waals surface area contributed by atoms with Crippen LogP contribution in [0.1, 0.15) is 29.5 Å². The Hall–Kier alpha value is -4.92. The van der Waals surface area contributed by atoms with Crippen LogP contribution in [0.3, 0.4) is 0 Å². The third kappa shape index (κ3) is 4.63. The summed E-state index contributed by atoms with van der Waals surface area (Å²) in [5.41, 5.74) is 4.56. The van der Waals surface area contributed by atoms with Gasteiger partial charge in [0.2, 0.25) is 11.8 Å². The van der Waals surface area contributed by atoms with E-state index in [0.717, 1.165) is 27.7 Å². The Labute approximate surface area is 224 Å². The first kappa shape index (κ1) is 24.4. The Balaban J connectivity index is 1.25. The Bertz CT molecular complexity index is 1780. The number of rotatable bonds is 6. The summed E-state index contributed by atoms with van der Waals surface area (Å²) < 4.78 is 1.55. The number of hydrogen-bond donors (Lipinski definition) is 1. The molecular formula is C30H26N6O3. The topological polar surface area (TPSA) is 110 Å². The molecule has 1 atom stereocenters. The second kappa shape index (κ2) is 9.75. The average molecular weight is 519 g/mol. The average Bonchev–Trinajstić information content (AvgIpc) is 3.25. The second-order valence-electron chi connectivity index (χ2n) is 9.75. The van der Waals surface area contributed by atoms with E-state index in [2.05, 4.69) is 20.4 Å². The molecule has 2 amide bonds. The van der Waals surface area contributed by atoms with E-state index in [4.69, 9.17) is 0 Å². The zero-order valence-electron chi connectivity index (χ0n) is 21.6. The van der Waals surface area contributed by atoms with Gasteiger partial charge in [0.05, 0.1) is 11.0 Å². The number of aryl methyl sites for hydroxylation is 1. The van der Waals surface area contributed by atoms with Gasteiger partial charge in [-0.15, -0.1) is 0 Å². The van der Waals surface area contributed by atoms with Crippen LogP contribution in [0, 0.1) is 6.92 Å². The number of pyridine rings is 2. The SMILES string of the molecule is CC(=O)c1nn(CC(=O)N2CC[C@H]2C(=O)Nc2cccc(C)n2)c2ccc(-c3ccc4cccnc4c3)cc12. The molecule has 1 fully saturated rings. The summed E-state index contributed by atoms with van der Waals surface area (Å²) in [4.78, 5) is 48.8. The molecule has 2 aromatic carbocycles. The fourth-order valence-electron chi connectivity index (χ4n) is 4.98. The number of amides is 2. The first-order chi connectivity index (χ1) is 18.9. The number of likely N-dealkylation sites (tertiary alicyclic amines) is 1. The van der Waals surface area contributed by atoms with E-state index in [1.54, 1.807) is 21.8 Å². The van der Waals surface area contributed by atoms with Crippen LogP contribution in [0.5, 0.6) is 0 Å². The minimum atomic E-state index is -0.568. The molecule has 0 radical (unpaired) electrons. The predicted octanol–water partition coefficient (Wildman–Crippen LogP) is 4.40. The second-order valence-corrected chi connectivity index (χ2v) is 9.75. The summed E-state index contributed by atoms with van der Waals surface area (Å²) >= 11 is 0. The van der Waals surface area contributed by atoms with Gasteiger partial charge >= 0.3 is 0 Å². The lowest BCUT2D eigenvalue weighted by Gasteiger charge is -2.39. The molecule has 3 aromatic heterocycles. The lowest BCUT2D eigenvalue weighted by molar-refractivity contribution is -0.145. The number of carbonyl (C=O) groups is 3. The van der Waals surface area contributed by atoms with Crippen LogP contribution < -0.4 is 5.32 Å². The molecule has 0 saturated carbocycles. The maximum atomic E-state index is 13.2. The molecule has 9 heteroatoms. The van der Waals surface area contributed by atoms with Gasteiger partial charge in [-0.2, -0.15) is 5.10 Å². The van der Waals surface area contributed by atoms with Gasteiger partial charge in [0.25, 0.3) is 0 Å². The molecule has 1 aliphatic rings. The van der Waals surface area contributed by atoms with Crippen LogP contribution in [0.15, 0.2) is 72.9 Å². The number of nitrogens with zero attached hydrogens (tertiary/aromatic N) is 5. The lowest BCUT2D eigenvalue weighted by atomic mass is 10.0. The van der Waals surface area contributed by atoms with Crippen LogP contribution in [0.25, 0.3) is 32.9 Å². The zero-order chi connectivity index (χ0) is 27.1. The summed E-state index contributed by atoms with van der Waals surface area (Å²) in [6.07, 6.45) is 2.34. The molecule has 0 aliphatic carbocycles. The molecule has 1 N–H and O–H groups in total. The summed E-state index contributed by atoms with van der Waals surface area (Å²) in [5, 5.41) is 9.02. The predicted molar refractivity (Wildman–Crippen MR) is 148 cm³/mol. The number of anilines is 1. The highest BCUT2D eigenvalue weighted by Crippen LogP contribution is 2.29. The van der Waals surface area contributed by atoms with Crippen LogP contribution in [0.2, 0.25) is 0 Å². The molecule has 1 saturated heterocycles. The van der Waals surface area contributed by atoms with Gasteiger partial charge in [0.15, 0.2) is 5.78 Å². The number of carbonyl (C=O) groups excluding carboxylic acids is 3. The van der Waals surface area contributed by atoms with Crippen molar-refractivity contribution in [3.8, 4) is 11.1 Å². The van der Waals surface area contributed by atoms with Gasteiger partial charge in [-0.3, -0.25) is 24.0 Å². The monoisotopic (exact) mass is 518 g/mol. The fourth-order valence-corrected chi connectivity index (χ4v) is 4.98. The van der Waals surface area contributed by atoms with Crippen molar-refractivity contribution in [2.45, 2.75) is 32.9 Å². The first-order valence-corrected chi connectivity index (χ1v) is 12.8. The van der Waals surface area contributed by atoms with E-state index in [-0.39, 0.29) is 24.1 Å². The van der Waals surface area contributed by atoms with Crippen molar-refractivity contribution < 1.29 is 14.4 Å². The van der Waals surface area contributed by atoms with Crippen LogP contribution in [-0.4, -0.2) is 54.8 Å². The Kier molecular flexibility index (Phi) is 6.11. The van der Waals surface area contributed by atoms with E-state index in [1.807, 2.05) is 67.6 Å². The maximum absolute atomic E-state index is 13.2. The summed E-state index contributed by atoms with van der Waals surface area (Å²) in [6.45, 7) is 3.72. The highest BCUT2D eigenvalue weighted by atomic mass is 16.2. The zero-order valence-corrected chi connectivity index (χ0v) is 21.6. The summed E-state index contributed by atoms with van der Waals surface area (Å²) in [7, 11) is 0. The van der Waals surface area contributed by atoms with E-state index < -0.39 is 6.04 Å². The molecule has 4 heterocycles. The molecule has 5 aromatic rings. The molecule has 0 unspecified atom stereocenters. The van der Waals surface area contributed by atoms with Crippen molar-refractivity contribution >= 4 is 45.2 Å². The van der Waals surface area contributed by atoms with Gasteiger partial charge in [0, 0.05) is 36.1 Å². The fraction of sp³-hybridized carbons (Fsp3) is 0.200. The third-order valence-corrected chi connectivity index (χ3v) is 7.09. The van der Waals surface area contributed by atoms with E-state index in [9.17, 15) is 14.4 Å².